The maximum atomic E-state index is 10.5. The first-order chi connectivity index (χ1) is 8.63. The van der Waals surface area contributed by atoms with E-state index in [0.29, 0.717) is 17.4 Å². The first-order valence-corrected chi connectivity index (χ1v) is 6.74. The van der Waals surface area contributed by atoms with Gasteiger partial charge in [-0.05, 0) is 30.7 Å². The van der Waals surface area contributed by atoms with Gasteiger partial charge < -0.3 is 15.6 Å². The summed E-state index contributed by atoms with van der Waals surface area (Å²) in [5, 5.41) is 10.5. The molecule has 3 heteroatoms. The number of nitrogen functional groups attached to an aromatic ring is 1. The molecule has 0 aromatic heterocycles. The average molecular weight is 249 g/mol. The van der Waals surface area contributed by atoms with Gasteiger partial charge >= 0.3 is 0 Å². The third-order valence-electron chi connectivity index (χ3n) is 4.15. The standard InChI is InChI=1S/C15H23NO2/c1-10-6-8-11(9-7-10)15(17)12-4-3-5-13(18-2)14(12)16/h3-5,10-11,15,17H,6-9,16H2,1-2H3. The fourth-order valence-electron chi connectivity index (χ4n) is 2.85. The molecular weight excluding hydrogens is 226 g/mol. The zero-order valence-corrected chi connectivity index (χ0v) is 11.2. The minimum absolute atomic E-state index is 0.329. The van der Waals surface area contributed by atoms with E-state index < -0.39 is 6.10 Å². The Morgan fingerprint density at radius 2 is 1.94 bits per heavy atom. The Kier molecular flexibility index (Phi) is 4.12. The van der Waals surface area contributed by atoms with E-state index in [9.17, 15) is 5.11 Å². The minimum Gasteiger partial charge on any atom is -0.495 e. The molecule has 0 spiro atoms. The molecule has 1 aliphatic carbocycles. The van der Waals surface area contributed by atoms with E-state index >= 15 is 0 Å². The summed E-state index contributed by atoms with van der Waals surface area (Å²) in [6.07, 6.45) is 4.10. The van der Waals surface area contributed by atoms with E-state index in [2.05, 4.69) is 6.92 Å². The summed E-state index contributed by atoms with van der Waals surface area (Å²) in [7, 11) is 1.60. The van der Waals surface area contributed by atoms with Crippen molar-refractivity contribution in [3.8, 4) is 5.75 Å². The largest absolute Gasteiger partial charge is 0.495 e. The first kappa shape index (κ1) is 13.2. The smallest absolute Gasteiger partial charge is 0.142 e. The quantitative estimate of drug-likeness (QED) is 0.809. The number of nitrogens with two attached hydrogens (primary N) is 1. The SMILES string of the molecule is COc1cccc(C(O)C2CCC(C)CC2)c1N. The molecular formula is C15H23NO2. The molecule has 1 aliphatic rings. The Balaban J connectivity index is 2.15. The van der Waals surface area contributed by atoms with Crippen LogP contribution in [0.5, 0.6) is 5.75 Å². The summed E-state index contributed by atoms with van der Waals surface area (Å²) in [6, 6.07) is 5.62. The zero-order valence-electron chi connectivity index (χ0n) is 11.2. The molecule has 1 saturated carbocycles. The second-order valence-corrected chi connectivity index (χ2v) is 5.43. The molecule has 1 atom stereocenters. The van der Waals surface area contributed by atoms with Crippen LogP contribution in [-0.2, 0) is 0 Å². The monoisotopic (exact) mass is 249 g/mol. The average Bonchev–Trinajstić information content (AvgIpc) is 2.39. The lowest BCUT2D eigenvalue weighted by Gasteiger charge is -2.30. The molecule has 0 bridgehead atoms. The summed E-state index contributed by atoms with van der Waals surface area (Å²) in [5.41, 5.74) is 7.43. The highest BCUT2D eigenvalue weighted by atomic mass is 16.5. The highest BCUT2D eigenvalue weighted by Crippen LogP contribution is 2.40. The number of hydrogen-bond donors (Lipinski definition) is 2. The van der Waals surface area contributed by atoms with Crippen molar-refractivity contribution in [1.82, 2.24) is 0 Å². The Morgan fingerprint density at radius 3 is 2.56 bits per heavy atom. The molecule has 0 radical (unpaired) electrons. The van der Waals surface area contributed by atoms with Crippen molar-refractivity contribution in [2.45, 2.75) is 38.7 Å². The Hall–Kier alpha value is -1.22. The van der Waals surface area contributed by atoms with Crippen LogP contribution in [0.1, 0.15) is 44.3 Å². The summed E-state index contributed by atoms with van der Waals surface area (Å²) in [6.45, 7) is 2.28. The number of aliphatic hydroxyl groups is 1. The second kappa shape index (κ2) is 5.61. The van der Waals surface area contributed by atoms with Gasteiger partial charge in [0.1, 0.15) is 5.75 Å². The van der Waals surface area contributed by atoms with Gasteiger partial charge in [0.05, 0.1) is 18.9 Å². The van der Waals surface area contributed by atoms with Gasteiger partial charge in [0.2, 0.25) is 0 Å². The van der Waals surface area contributed by atoms with E-state index in [4.69, 9.17) is 10.5 Å². The Morgan fingerprint density at radius 1 is 1.28 bits per heavy atom. The Bertz CT molecular complexity index is 397. The third kappa shape index (κ3) is 2.61. The lowest BCUT2D eigenvalue weighted by molar-refractivity contribution is 0.0760. The first-order valence-electron chi connectivity index (χ1n) is 6.74. The lowest BCUT2D eigenvalue weighted by Crippen LogP contribution is -2.20. The second-order valence-electron chi connectivity index (χ2n) is 5.43. The minimum atomic E-state index is -0.465. The van der Waals surface area contributed by atoms with Crippen LogP contribution in [0, 0.1) is 11.8 Å². The molecule has 1 aromatic rings. The Labute approximate surface area is 109 Å². The van der Waals surface area contributed by atoms with Crippen LogP contribution >= 0.6 is 0 Å². The molecule has 0 saturated heterocycles. The number of benzene rings is 1. The van der Waals surface area contributed by atoms with Crippen LogP contribution in [-0.4, -0.2) is 12.2 Å². The van der Waals surface area contributed by atoms with Gasteiger partial charge in [0, 0.05) is 5.56 Å². The van der Waals surface area contributed by atoms with Gasteiger partial charge in [-0.15, -0.1) is 0 Å². The van der Waals surface area contributed by atoms with E-state index in [1.54, 1.807) is 7.11 Å². The zero-order chi connectivity index (χ0) is 13.1. The normalized spacial score (nSPS) is 25.7. The molecule has 0 heterocycles. The van der Waals surface area contributed by atoms with Crippen molar-refractivity contribution in [1.29, 1.82) is 0 Å². The fraction of sp³-hybridized carbons (Fsp3) is 0.600. The molecule has 1 unspecified atom stereocenters. The number of aliphatic hydroxyl groups excluding tert-OH is 1. The van der Waals surface area contributed by atoms with Crippen LogP contribution in [0.4, 0.5) is 5.69 Å². The number of anilines is 1. The van der Waals surface area contributed by atoms with Gasteiger partial charge in [0.15, 0.2) is 0 Å². The fourth-order valence-corrected chi connectivity index (χ4v) is 2.85. The van der Waals surface area contributed by atoms with Crippen LogP contribution in [0.3, 0.4) is 0 Å². The molecule has 0 aliphatic heterocycles. The van der Waals surface area contributed by atoms with E-state index in [1.807, 2.05) is 18.2 Å². The molecule has 3 nitrogen and oxygen atoms in total. The number of hydrogen-bond acceptors (Lipinski definition) is 3. The van der Waals surface area contributed by atoms with Crippen LogP contribution in [0.2, 0.25) is 0 Å². The van der Waals surface area contributed by atoms with Gasteiger partial charge in [-0.2, -0.15) is 0 Å². The molecule has 2 rings (SSSR count). The van der Waals surface area contributed by atoms with E-state index in [-0.39, 0.29) is 0 Å². The number of ether oxygens (including phenoxy) is 1. The third-order valence-corrected chi connectivity index (χ3v) is 4.15. The van der Waals surface area contributed by atoms with Gasteiger partial charge in [-0.3, -0.25) is 0 Å². The molecule has 1 aromatic carbocycles. The van der Waals surface area contributed by atoms with Crippen molar-refractivity contribution < 1.29 is 9.84 Å². The van der Waals surface area contributed by atoms with Crippen molar-refractivity contribution in [2.24, 2.45) is 11.8 Å². The molecule has 18 heavy (non-hydrogen) atoms. The lowest BCUT2D eigenvalue weighted by atomic mass is 9.78. The van der Waals surface area contributed by atoms with Crippen molar-refractivity contribution in [3.05, 3.63) is 23.8 Å². The van der Waals surface area contributed by atoms with Crippen molar-refractivity contribution >= 4 is 5.69 Å². The van der Waals surface area contributed by atoms with Gasteiger partial charge in [0.25, 0.3) is 0 Å². The van der Waals surface area contributed by atoms with E-state index in [1.165, 1.54) is 12.8 Å². The topological polar surface area (TPSA) is 55.5 Å². The summed E-state index contributed by atoms with van der Waals surface area (Å²) < 4.78 is 5.20. The summed E-state index contributed by atoms with van der Waals surface area (Å²) >= 11 is 0. The molecule has 100 valence electrons. The summed E-state index contributed by atoms with van der Waals surface area (Å²) in [4.78, 5) is 0. The van der Waals surface area contributed by atoms with Gasteiger partial charge in [-0.1, -0.05) is 31.9 Å². The van der Waals surface area contributed by atoms with Crippen molar-refractivity contribution in [3.63, 3.8) is 0 Å². The van der Waals surface area contributed by atoms with Crippen LogP contribution in [0.15, 0.2) is 18.2 Å². The van der Waals surface area contributed by atoms with Crippen LogP contribution < -0.4 is 10.5 Å². The highest BCUT2D eigenvalue weighted by Gasteiger charge is 2.27. The number of methoxy groups -OCH3 is 1. The molecule has 3 N–H and O–H groups in total. The van der Waals surface area contributed by atoms with E-state index in [0.717, 1.165) is 24.3 Å². The van der Waals surface area contributed by atoms with Crippen molar-refractivity contribution in [2.75, 3.05) is 12.8 Å². The maximum Gasteiger partial charge on any atom is 0.142 e. The number of para-hydroxylation sites is 1. The summed E-state index contributed by atoms with van der Waals surface area (Å²) in [5.74, 6) is 1.77. The predicted octanol–water partition coefficient (Wildman–Crippen LogP) is 3.14. The molecule has 1 fully saturated rings. The maximum absolute atomic E-state index is 10.5. The van der Waals surface area contributed by atoms with Crippen LogP contribution in [0.25, 0.3) is 0 Å². The number of rotatable bonds is 3. The van der Waals surface area contributed by atoms with Gasteiger partial charge in [-0.25, -0.2) is 0 Å². The molecule has 0 amide bonds. The predicted molar refractivity (Wildman–Crippen MR) is 73.5 cm³/mol. The highest BCUT2D eigenvalue weighted by molar-refractivity contribution is 5.59.